The van der Waals surface area contributed by atoms with Gasteiger partial charge in [-0.25, -0.2) is 4.79 Å². The molecule has 10 heavy (non-hydrogen) atoms. The third kappa shape index (κ3) is 5.62. The standard InChI is InChI=1S/C6H11BrN2O/c1-3-8-6(10)9-4-5(2)7/h2-4H2,1H3,(H2,8,9,10). The van der Waals surface area contributed by atoms with Crippen LogP contribution in [0.3, 0.4) is 0 Å². The molecule has 0 fully saturated rings. The van der Waals surface area contributed by atoms with Gasteiger partial charge in [-0.15, -0.1) is 0 Å². The molecule has 4 heteroatoms. The molecular formula is C6H11BrN2O. The van der Waals surface area contributed by atoms with Crippen molar-refractivity contribution in [2.75, 3.05) is 13.1 Å². The quantitative estimate of drug-likeness (QED) is 0.717. The Kier molecular flexibility index (Phi) is 5.02. The predicted molar refractivity (Wildman–Crippen MR) is 45.1 cm³/mol. The zero-order valence-corrected chi connectivity index (χ0v) is 7.49. The molecule has 0 spiro atoms. The fourth-order valence-corrected chi connectivity index (χ4v) is 0.539. The van der Waals surface area contributed by atoms with E-state index in [1.807, 2.05) is 6.92 Å². The van der Waals surface area contributed by atoms with Crippen molar-refractivity contribution >= 4 is 22.0 Å². The van der Waals surface area contributed by atoms with E-state index in [2.05, 4.69) is 33.1 Å². The lowest BCUT2D eigenvalue weighted by Crippen LogP contribution is -2.35. The van der Waals surface area contributed by atoms with Crippen LogP contribution in [0, 0.1) is 0 Å². The highest BCUT2D eigenvalue weighted by Crippen LogP contribution is 1.95. The Morgan fingerprint density at radius 3 is 2.60 bits per heavy atom. The van der Waals surface area contributed by atoms with Crippen LogP contribution in [0.1, 0.15) is 6.92 Å². The zero-order valence-electron chi connectivity index (χ0n) is 5.91. The van der Waals surface area contributed by atoms with Crippen LogP contribution in [0.2, 0.25) is 0 Å². The molecule has 0 atom stereocenters. The monoisotopic (exact) mass is 206 g/mol. The molecule has 0 saturated carbocycles. The molecule has 58 valence electrons. The average molecular weight is 207 g/mol. The van der Waals surface area contributed by atoms with Crippen molar-refractivity contribution in [1.29, 1.82) is 0 Å². The van der Waals surface area contributed by atoms with E-state index in [1.165, 1.54) is 0 Å². The maximum atomic E-state index is 10.7. The van der Waals surface area contributed by atoms with Crippen molar-refractivity contribution in [2.45, 2.75) is 6.92 Å². The van der Waals surface area contributed by atoms with E-state index in [0.717, 1.165) is 4.48 Å². The summed E-state index contributed by atoms with van der Waals surface area (Å²) in [6.45, 7) is 6.53. The van der Waals surface area contributed by atoms with Gasteiger partial charge in [-0.1, -0.05) is 22.5 Å². The Bertz CT molecular complexity index is 136. The number of nitrogens with one attached hydrogen (secondary N) is 2. The van der Waals surface area contributed by atoms with Crippen molar-refractivity contribution in [3.05, 3.63) is 11.1 Å². The van der Waals surface area contributed by atoms with E-state index in [-0.39, 0.29) is 6.03 Å². The third-order valence-corrected chi connectivity index (χ3v) is 1.06. The van der Waals surface area contributed by atoms with E-state index in [4.69, 9.17) is 0 Å². The Morgan fingerprint density at radius 2 is 2.20 bits per heavy atom. The summed E-state index contributed by atoms with van der Waals surface area (Å²) in [5.74, 6) is 0. The minimum Gasteiger partial charge on any atom is -0.338 e. The van der Waals surface area contributed by atoms with Gasteiger partial charge in [-0.2, -0.15) is 0 Å². The lowest BCUT2D eigenvalue weighted by atomic mass is 10.6. The Balaban J connectivity index is 3.30. The molecule has 0 bridgehead atoms. The van der Waals surface area contributed by atoms with Crippen LogP contribution in [0.25, 0.3) is 0 Å². The first-order chi connectivity index (χ1) is 4.66. The average Bonchev–Trinajstić information content (AvgIpc) is 1.85. The van der Waals surface area contributed by atoms with Crippen molar-refractivity contribution in [1.82, 2.24) is 10.6 Å². The summed E-state index contributed by atoms with van der Waals surface area (Å²) in [6.07, 6.45) is 0. The summed E-state index contributed by atoms with van der Waals surface area (Å²) in [7, 11) is 0. The lowest BCUT2D eigenvalue weighted by molar-refractivity contribution is 0.242. The van der Waals surface area contributed by atoms with Crippen molar-refractivity contribution in [3.63, 3.8) is 0 Å². The van der Waals surface area contributed by atoms with Crippen LogP contribution in [-0.2, 0) is 0 Å². The molecule has 0 aliphatic carbocycles. The van der Waals surface area contributed by atoms with Gasteiger partial charge in [0.15, 0.2) is 0 Å². The molecule has 0 aliphatic rings. The van der Waals surface area contributed by atoms with E-state index < -0.39 is 0 Å². The molecule has 0 aromatic carbocycles. The predicted octanol–water partition coefficient (Wildman–Crippen LogP) is 1.21. The van der Waals surface area contributed by atoms with Crippen LogP contribution in [-0.4, -0.2) is 19.1 Å². The molecule has 0 aromatic rings. The molecule has 0 aromatic heterocycles. The third-order valence-electron chi connectivity index (χ3n) is 0.778. The normalized spacial score (nSPS) is 8.60. The number of hydrogen-bond acceptors (Lipinski definition) is 1. The first-order valence-electron chi connectivity index (χ1n) is 3.01. The van der Waals surface area contributed by atoms with Crippen molar-refractivity contribution in [2.24, 2.45) is 0 Å². The van der Waals surface area contributed by atoms with Gasteiger partial charge in [-0.3, -0.25) is 0 Å². The maximum Gasteiger partial charge on any atom is 0.315 e. The number of urea groups is 1. The van der Waals surface area contributed by atoms with Crippen molar-refractivity contribution in [3.8, 4) is 0 Å². The number of halogens is 1. The summed E-state index contributed by atoms with van der Waals surface area (Å²) >= 11 is 3.12. The van der Waals surface area contributed by atoms with Crippen LogP contribution < -0.4 is 10.6 Å². The number of carbonyl (C=O) groups is 1. The van der Waals surface area contributed by atoms with Gasteiger partial charge in [-0.05, 0) is 6.92 Å². The number of hydrogen-bond donors (Lipinski definition) is 2. The fourth-order valence-electron chi connectivity index (χ4n) is 0.399. The molecule has 0 radical (unpaired) electrons. The van der Waals surface area contributed by atoms with Gasteiger partial charge in [0.2, 0.25) is 0 Å². The van der Waals surface area contributed by atoms with Gasteiger partial charge in [0.1, 0.15) is 0 Å². The first-order valence-corrected chi connectivity index (χ1v) is 3.81. The highest BCUT2D eigenvalue weighted by molar-refractivity contribution is 9.11. The van der Waals surface area contributed by atoms with Crippen LogP contribution in [0.5, 0.6) is 0 Å². The van der Waals surface area contributed by atoms with Crippen LogP contribution >= 0.6 is 15.9 Å². The Hall–Kier alpha value is -0.510. The molecule has 3 nitrogen and oxygen atoms in total. The molecule has 0 saturated heterocycles. The summed E-state index contributed by atoms with van der Waals surface area (Å²) in [4.78, 5) is 10.7. The minimum atomic E-state index is -0.164. The summed E-state index contributed by atoms with van der Waals surface area (Å²) in [5, 5.41) is 5.18. The van der Waals surface area contributed by atoms with E-state index in [9.17, 15) is 4.79 Å². The minimum absolute atomic E-state index is 0.164. The SMILES string of the molecule is C=C(Br)CNC(=O)NCC. The molecule has 2 N–H and O–H groups in total. The maximum absolute atomic E-state index is 10.7. The first kappa shape index (κ1) is 9.49. The molecular weight excluding hydrogens is 196 g/mol. The second-order valence-corrected chi connectivity index (χ2v) is 2.85. The highest BCUT2D eigenvalue weighted by Gasteiger charge is 1.94. The lowest BCUT2D eigenvalue weighted by Gasteiger charge is -2.02. The molecule has 0 aliphatic heterocycles. The summed E-state index contributed by atoms with van der Waals surface area (Å²) < 4.78 is 0.763. The number of amides is 2. The Morgan fingerprint density at radius 1 is 1.60 bits per heavy atom. The van der Waals surface area contributed by atoms with E-state index >= 15 is 0 Å². The largest absolute Gasteiger partial charge is 0.338 e. The van der Waals surface area contributed by atoms with Gasteiger partial charge < -0.3 is 10.6 Å². The molecule has 0 heterocycles. The van der Waals surface area contributed by atoms with Gasteiger partial charge in [0.25, 0.3) is 0 Å². The molecule has 2 amide bonds. The topological polar surface area (TPSA) is 41.1 Å². The van der Waals surface area contributed by atoms with Gasteiger partial charge >= 0.3 is 6.03 Å². The van der Waals surface area contributed by atoms with Crippen LogP contribution in [0.4, 0.5) is 4.79 Å². The zero-order chi connectivity index (χ0) is 7.98. The van der Waals surface area contributed by atoms with E-state index in [0.29, 0.717) is 13.1 Å². The highest BCUT2D eigenvalue weighted by atomic mass is 79.9. The second-order valence-electron chi connectivity index (χ2n) is 1.73. The van der Waals surface area contributed by atoms with Crippen LogP contribution in [0.15, 0.2) is 11.1 Å². The number of carbonyl (C=O) groups excluding carboxylic acids is 1. The second kappa shape index (κ2) is 5.29. The van der Waals surface area contributed by atoms with E-state index in [1.54, 1.807) is 0 Å². The summed E-state index contributed by atoms with van der Waals surface area (Å²) in [6, 6.07) is -0.164. The van der Waals surface area contributed by atoms with Crippen molar-refractivity contribution < 1.29 is 4.79 Å². The molecule has 0 unspecified atom stereocenters. The fraction of sp³-hybridized carbons (Fsp3) is 0.500. The van der Waals surface area contributed by atoms with Gasteiger partial charge in [0.05, 0.1) is 6.54 Å². The smallest absolute Gasteiger partial charge is 0.315 e. The number of rotatable bonds is 3. The van der Waals surface area contributed by atoms with Gasteiger partial charge in [0, 0.05) is 11.0 Å². The Labute approximate surface area is 69.0 Å². The summed E-state index contributed by atoms with van der Waals surface area (Å²) in [5.41, 5.74) is 0. The molecule has 0 rings (SSSR count).